The fraction of sp³-hybridized carbons (Fsp3) is 0.467. The van der Waals surface area contributed by atoms with Crippen LogP contribution in [0.4, 0.5) is 10.1 Å². The molecule has 0 saturated heterocycles. The minimum atomic E-state index is -0.191. The van der Waals surface area contributed by atoms with Crippen molar-refractivity contribution in [2.75, 3.05) is 11.4 Å². The summed E-state index contributed by atoms with van der Waals surface area (Å²) in [5.41, 5.74) is 7.50. The molecule has 2 heterocycles. The highest BCUT2D eigenvalue weighted by Gasteiger charge is 2.20. The molecule has 1 unspecified atom stereocenters. The lowest BCUT2D eigenvalue weighted by molar-refractivity contribution is 0.543. The van der Waals surface area contributed by atoms with Crippen LogP contribution in [0.25, 0.3) is 0 Å². The lowest BCUT2D eigenvalue weighted by Crippen LogP contribution is -2.34. The van der Waals surface area contributed by atoms with Crippen LogP contribution >= 0.6 is 0 Å². The van der Waals surface area contributed by atoms with Gasteiger partial charge in [-0.25, -0.2) is 4.39 Å². The van der Waals surface area contributed by atoms with Crippen molar-refractivity contribution in [3.63, 3.8) is 0 Å². The van der Waals surface area contributed by atoms with Crippen LogP contribution in [-0.2, 0) is 19.5 Å². The standard InChI is InChI=1S/C15H20FN5/c1-2-12(17)7-11-3-4-14(13(16)8-11)20-5-6-21-10-18-19-15(21)9-20/h3-4,8,10,12H,2,5-7,9,17H2,1H3. The number of aromatic nitrogens is 3. The Hall–Kier alpha value is -1.95. The summed E-state index contributed by atoms with van der Waals surface area (Å²) in [5.74, 6) is 0.682. The Morgan fingerprint density at radius 3 is 3.00 bits per heavy atom. The van der Waals surface area contributed by atoms with E-state index in [-0.39, 0.29) is 11.9 Å². The third-order valence-corrected chi connectivity index (χ3v) is 4.01. The van der Waals surface area contributed by atoms with Crippen molar-refractivity contribution in [3.8, 4) is 0 Å². The maximum atomic E-state index is 14.4. The second-order valence-electron chi connectivity index (χ2n) is 5.52. The zero-order chi connectivity index (χ0) is 14.8. The number of nitrogens with zero attached hydrogens (tertiary/aromatic N) is 4. The molecule has 112 valence electrons. The van der Waals surface area contributed by atoms with Crippen LogP contribution in [0.1, 0.15) is 24.7 Å². The summed E-state index contributed by atoms with van der Waals surface area (Å²) in [6.07, 6.45) is 3.32. The second kappa shape index (κ2) is 5.81. The van der Waals surface area contributed by atoms with E-state index in [2.05, 4.69) is 10.2 Å². The summed E-state index contributed by atoms with van der Waals surface area (Å²) < 4.78 is 16.4. The van der Waals surface area contributed by atoms with Gasteiger partial charge in [-0.2, -0.15) is 0 Å². The highest BCUT2D eigenvalue weighted by Crippen LogP contribution is 2.24. The molecule has 6 heteroatoms. The van der Waals surface area contributed by atoms with Crippen LogP contribution in [0, 0.1) is 5.82 Å². The quantitative estimate of drug-likeness (QED) is 0.931. The van der Waals surface area contributed by atoms with Crippen LogP contribution in [-0.4, -0.2) is 27.4 Å². The number of hydrogen-bond donors (Lipinski definition) is 1. The van der Waals surface area contributed by atoms with Crippen molar-refractivity contribution >= 4 is 5.69 Å². The van der Waals surface area contributed by atoms with Gasteiger partial charge in [-0.3, -0.25) is 0 Å². The number of halogens is 1. The summed E-state index contributed by atoms with van der Waals surface area (Å²) in [6.45, 7) is 4.17. The molecule has 1 aromatic carbocycles. The molecule has 0 amide bonds. The molecule has 2 N–H and O–H groups in total. The molecule has 21 heavy (non-hydrogen) atoms. The number of anilines is 1. The molecule has 0 saturated carbocycles. The highest BCUT2D eigenvalue weighted by atomic mass is 19.1. The lowest BCUT2D eigenvalue weighted by Gasteiger charge is -2.29. The Morgan fingerprint density at radius 2 is 2.24 bits per heavy atom. The average molecular weight is 289 g/mol. The third-order valence-electron chi connectivity index (χ3n) is 4.01. The maximum Gasteiger partial charge on any atom is 0.152 e. The molecular formula is C15H20FN5. The third kappa shape index (κ3) is 2.90. The van der Waals surface area contributed by atoms with E-state index in [1.54, 1.807) is 12.4 Å². The molecule has 1 atom stereocenters. The number of nitrogens with two attached hydrogens (primary N) is 1. The molecule has 0 spiro atoms. The van der Waals surface area contributed by atoms with Gasteiger partial charge in [-0.1, -0.05) is 13.0 Å². The Bertz CT molecular complexity index is 624. The van der Waals surface area contributed by atoms with Crippen molar-refractivity contribution < 1.29 is 4.39 Å². The minimum Gasteiger partial charge on any atom is -0.360 e. The van der Waals surface area contributed by atoms with Gasteiger partial charge in [-0.15, -0.1) is 10.2 Å². The molecule has 5 nitrogen and oxygen atoms in total. The van der Waals surface area contributed by atoms with E-state index < -0.39 is 0 Å². The summed E-state index contributed by atoms with van der Waals surface area (Å²) in [4.78, 5) is 2.00. The van der Waals surface area contributed by atoms with Gasteiger partial charge in [0.1, 0.15) is 12.1 Å². The number of hydrogen-bond acceptors (Lipinski definition) is 4. The van der Waals surface area contributed by atoms with Gasteiger partial charge in [0.15, 0.2) is 5.82 Å². The summed E-state index contributed by atoms with van der Waals surface area (Å²) >= 11 is 0. The zero-order valence-electron chi connectivity index (χ0n) is 12.2. The van der Waals surface area contributed by atoms with Crippen LogP contribution in [0.15, 0.2) is 24.5 Å². The Balaban J connectivity index is 1.77. The van der Waals surface area contributed by atoms with Gasteiger partial charge >= 0.3 is 0 Å². The van der Waals surface area contributed by atoms with Crippen molar-refractivity contribution in [1.29, 1.82) is 0 Å². The molecule has 0 radical (unpaired) electrons. The smallest absolute Gasteiger partial charge is 0.152 e. The first-order valence-electron chi connectivity index (χ1n) is 7.33. The van der Waals surface area contributed by atoms with E-state index >= 15 is 0 Å². The van der Waals surface area contributed by atoms with Gasteiger partial charge in [0.25, 0.3) is 0 Å². The highest BCUT2D eigenvalue weighted by molar-refractivity contribution is 5.49. The molecule has 0 fully saturated rings. The number of benzene rings is 1. The molecule has 1 aliphatic heterocycles. The molecular weight excluding hydrogens is 269 g/mol. The van der Waals surface area contributed by atoms with E-state index in [0.29, 0.717) is 18.7 Å². The van der Waals surface area contributed by atoms with E-state index in [1.165, 1.54) is 0 Å². The molecule has 0 aliphatic carbocycles. The fourth-order valence-corrected chi connectivity index (χ4v) is 2.65. The predicted octanol–water partition coefficient (Wildman–Crippen LogP) is 1.72. The minimum absolute atomic E-state index is 0.0868. The van der Waals surface area contributed by atoms with Crippen LogP contribution in [0.2, 0.25) is 0 Å². The van der Waals surface area contributed by atoms with Gasteiger partial charge in [0.05, 0.1) is 12.2 Å². The first kappa shape index (κ1) is 14.0. The summed E-state index contributed by atoms with van der Waals surface area (Å²) in [7, 11) is 0. The first-order chi connectivity index (χ1) is 10.2. The Kier molecular flexibility index (Phi) is 3.88. The van der Waals surface area contributed by atoms with Crippen LogP contribution in [0.5, 0.6) is 0 Å². The Labute approximate surface area is 123 Å². The molecule has 1 aliphatic rings. The maximum absolute atomic E-state index is 14.4. The molecule has 2 aromatic rings. The fourth-order valence-electron chi connectivity index (χ4n) is 2.65. The lowest BCUT2D eigenvalue weighted by atomic mass is 10.0. The van der Waals surface area contributed by atoms with E-state index in [1.807, 2.05) is 28.5 Å². The predicted molar refractivity (Wildman–Crippen MR) is 79.4 cm³/mol. The summed E-state index contributed by atoms with van der Waals surface area (Å²) in [6, 6.07) is 5.50. The van der Waals surface area contributed by atoms with Crippen molar-refractivity contribution in [3.05, 3.63) is 41.7 Å². The monoisotopic (exact) mass is 289 g/mol. The molecule has 3 rings (SSSR count). The van der Waals surface area contributed by atoms with Crippen molar-refractivity contribution in [2.45, 2.75) is 38.9 Å². The van der Waals surface area contributed by atoms with Crippen molar-refractivity contribution in [2.24, 2.45) is 5.73 Å². The van der Waals surface area contributed by atoms with Crippen LogP contribution in [0.3, 0.4) is 0 Å². The number of rotatable bonds is 4. The second-order valence-corrected chi connectivity index (χ2v) is 5.52. The first-order valence-corrected chi connectivity index (χ1v) is 7.33. The van der Waals surface area contributed by atoms with Gasteiger partial charge < -0.3 is 15.2 Å². The molecule has 0 bridgehead atoms. The van der Waals surface area contributed by atoms with Crippen LogP contribution < -0.4 is 10.6 Å². The summed E-state index contributed by atoms with van der Waals surface area (Å²) in [5, 5.41) is 7.95. The van der Waals surface area contributed by atoms with E-state index in [0.717, 1.165) is 30.9 Å². The topological polar surface area (TPSA) is 60.0 Å². The van der Waals surface area contributed by atoms with Gasteiger partial charge in [-0.05, 0) is 30.5 Å². The van der Waals surface area contributed by atoms with E-state index in [9.17, 15) is 4.39 Å². The van der Waals surface area contributed by atoms with Gasteiger partial charge in [0, 0.05) is 19.1 Å². The van der Waals surface area contributed by atoms with E-state index in [4.69, 9.17) is 5.73 Å². The normalized spacial score (nSPS) is 15.9. The molecule has 1 aromatic heterocycles. The number of fused-ring (bicyclic) bond motifs is 1. The Morgan fingerprint density at radius 1 is 1.38 bits per heavy atom. The van der Waals surface area contributed by atoms with Crippen molar-refractivity contribution in [1.82, 2.24) is 14.8 Å². The van der Waals surface area contributed by atoms with Gasteiger partial charge in [0.2, 0.25) is 0 Å². The largest absolute Gasteiger partial charge is 0.360 e. The zero-order valence-corrected chi connectivity index (χ0v) is 12.2. The average Bonchev–Trinajstić information content (AvgIpc) is 2.94. The SMILES string of the molecule is CCC(N)Cc1ccc(N2CCn3cnnc3C2)c(F)c1.